The second-order valence-corrected chi connectivity index (χ2v) is 6.90. The van der Waals surface area contributed by atoms with Crippen molar-refractivity contribution in [2.45, 2.75) is 25.9 Å². The Labute approximate surface area is 184 Å². The second-order valence-electron chi connectivity index (χ2n) is 6.90. The fraction of sp³-hybridized carbons (Fsp3) is 0.286. The standard InChI is InChI=1S/C21H19F5N4O3/c1-3-17-28-30(21(32)29(17)2)11-7-8-12(15(9-11)33-16(10-22)19(25)26)20(31)27-18-13(23)5-4-6-14(18)24/h4-9,16,19H,3,10H2,1-2H3,(H,27,31)/t16-/m0/s1. The van der Waals surface area contributed by atoms with E-state index in [0.717, 1.165) is 35.0 Å². The Morgan fingerprint density at radius 1 is 1.18 bits per heavy atom. The zero-order valence-corrected chi connectivity index (χ0v) is 17.5. The van der Waals surface area contributed by atoms with Gasteiger partial charge >= 0.3 is 5.69 Å². The average Bonchev–Trinajstić information content (AvgIpc) is 3.08. The highest BCUT2D eigenvalue weighted by atomic mass is 19.3. The third kappa shape index (κ3) is 4.89. The molecule has 0 aliphatic carbocycles. The molecule has 7 nitrogen and oxygen atoms in total. The van der Waals surface area contributed by atoms with Crippen LogP contribution in [0, 0.1) is 11.6 Å². The molecule has 3 aromatic rings. The predicted octanol–water partition coefficient (Wildman–Crippen LogP) is 3.65. The summed E-state index contributed by atoms with van der Waals surface area (Å²) in [6.45, 7) is 0.193. The summed E-state index contributed by atoms with van der Waals surface area (Å²) < 4.78 is 74.4. The van der Waals surface area contributed by atoms with Crippen LogP contribution in [0.25, 0.3) is 5.69 Å². The van der Waals surface area contributed by atoms with Gasteiger partial charge in [0.25, 0.3) is 12.3 Å². The molecule has 0 radical (unpaired) electrons. The van der Waals surface area contributed by atoms with Crippen molar-refractivity contribution in [1.82, 2.24) is 14.3 Å². The van der Waals surface area contributed by atoms with Crippen molar-refractivity contribution in [2.75, 3.05) is 12.0 Å². The Balaban J connectivity index is 2.07. The Kier molecular flexibility index (Phi) is 7.14. The van der Waals surface area contributed by atoms with Gasteiger partial charge in [-0.05, 0) is 24.3 Å². The van der Waals surface area contributed by atoms with Crippen LogP contribution in [0.4, 0.5) is 27.6 Å². The first-order valence-corrected chi connectivity index (χ1v) is 9.73. The number of nitrogens with zero attached hydrogens (tertiary/aromatic N) is 3. The minimum Gasteiger partial charge on any atom is -0.481 e. The average molecular weight is 470 g/mol. The summed E-state index contributed by atoms with van der Waals surface area (Å²) in [4.78, 5) is 25.2. The number of aryl methyl sites for hydroxylation is 1. The molecule has 0 saturated carbocycles. The van der Waals surface area contributed by atoms with Crippen LogP contribution in [0.2, 0.25) is 0 Å². The summed E-state index contributed by atoms with van der Waals surface area (Å²) >= 11 is 0. The number of anilines is 1. The molecule has 0 unspecified atom stereocenters. The van der Waals surface area contributed by atoms with Crippen molar-refractivity contribution in [3.63, 3.8) is 0 Å². The molecule has 0 spiro atoms. The molecule has 1 atom stereocenters. The van der Waals surface area contributed by atoms with E-state index < -0.39 is 59.4 Å². The molecular weight excluding hydrogens is 451 g/mol. The Bertz CT molecular complexity index is 1200. The number of amides is 1. The fourth-order valence-electron chi connectivity index (χ4n) is 2.99. The summed E-state index contributed by atoms with van der Waals surface area (Å²) in [6.07, 6.45) is -5.03. The van der Waals surface area contributed by atoms with Gasteiger partial charge in [-0.2, -0.15) is 4.68 Å². The maximum Gasteiger partial charge on any atom is 0.350 e. The van der Waals surface area contributed by atoms with E-state index in [1.54, 1.807) is 6.92 Å². The first-order chi connectivity index (χ1) is 15.7. The second kappa shape index (κ2) is 9.84. The van der Waals surface area contributed by atoms with E-state index in [0.29, 0.717) is 12.2 Å². The van der Waals surface area contributed by atoms with Gasteiger partial charge in [-0.1, -0.05) is 13.0 Å². The molecule has 1 aromatic heterocycles. The van der Waals surface area contributed by atoms with Gasteiger partial charge in [-0.3, -0.25) is 9.36 Å². The SMILES string of the molecule is CCc1nn(-c2ccc(C(=O)Nc3c(F)cccc3F)c(O[C@@H](CF)C(F)F)c2)c(=O)n1C. The van der Waals surface area contributed by atoms with Gasteiger partial charge in [-0.25, -0.2) is 26.7 Å². The number of para-hydroxylation sites is 1. The van der Waals surface area contributed by atoms with Crippen LogP contribution in [0.15, 0.2) is 41.2 Å². The summed E-state index contributed by atoms with van der Waals surface area (Å²) in [6, 6.07) is 6.31. The number of alkyl halides is 3. The van der Waals surface area contributed by atoms with Gasteiger partial charge in [-0.15, -0.1) is 5.10 Å². The zero-order valence-electron chi connectivity index (χ0n) is 17.5. The fourth-order valence-corrected chi connectivity index (χ4v) is 2.99. The Morgan fingerprint density at radius 2 is 1.85 bits per heavy atom. The van der Waals surface area contributed by atoms with E-state index in [4.69, 9.17) is 4.74 Å². The van der Waals surface area contributed by atoms with Crippen molar-refractivity contribution in [3.05, 3.63) is 69.9 Å². The molecule has 2 aromatic carbocycles. The highest BCUT2D eigenvalue weighted by Gasteiger charge is 2.26. The molecule has 176 valence electrons. The molecule has 0 bridgehead atoms. The van der Waals surface area contributed by atoms with Gasteiger partial charge in [0, 0.05) is 19.5 Å². The van der Waals surface area contributed by atoms with Crippen LogP contribution >= 0.6 is 0 Å². The molecule has 0 saturated heterocycles. The number of halogens is 5. The van der Waals surface area contributed by atoms with E-state index in [2.05, 4.69) is 5.10 Å². The third-order valence-corrected chi connectivity index (χ3v) is 4.75. The van der Waals surface area contributed by atoms with Crippen LogP contribution in [0.1, 0.15) is 23.1 Å². The molecule has 0 fully saturated rings. The maximum absolute atomic E-state index is 13.9. The van der Waals surface area contributed by atoms with E-state index in [9.17, 15) is 31.5 Å². The highest BCUT2D eigenvalue weighted by Crippen LogP contribution is 2.27. The number of hydrogen-bond acceptors (Lipinski definition) is 4. The van der Waals surface area contributed by atoms with Gasteiger partial charge in [0.1, 0.15) is 35.6 Å². The van der Waals surface area contributed by atoms with Crippen LogP contribution in [0.5, 0.6) is 5.75 Å². The molecular formula is C21H19F5N4O3. The number of hydrogen-bond donors (Lipinski definition) is 1. The summed E-state index contributed by atoms with van der Waals surface area (Å²) in [5.41, 5.74) is -1.69. The van der Waals surface area contributed by atoms with Crippen molar-refractivity contribution >= 4 is 11.6 Å². The molecule has 1 heterocycles. The van der Waals surface area contributed by atoms with Gasteiger partial charge in [0.2, 0.25) is 0 Å². The zero-order chi connectivity index (χ0) is 24.3. The van der Waals surface area contributed by atoms with E-state index in [1.807, 2.05) is 5.32 Å². The van der Waals surface area contributed by atoms with Crippen LogP contribution in [-0.2, 0) is 13.5 Å². The maximum atomic E-state index is 13.9. The van der Waals surface area contributed by atoms with E-state index in [1.165, 1.54) is 17.7 Å². The number of ether oxygens (including phenoxy) is 1. The Morgan fingerprint density at radius 3 is 2.39 bits per heavy atom. The lowest BCUT2D eigenvalue weighted by Crippen LogP contribution is -2.29. The molecule has 1 amide bonds. The van der Waals surface area contributed by atoms with E-state index in [-0.39, 0.29) is 5.69 Å². The number of benzene rings is 2. The van der Waals surface area contributed by atoms with Crippen LogP contribution in [0.3, 0.4) is 0 Å². The monoisotopic (exact) mass is 470 g/mol. The number of rotatable bonds is 8. The molecule has 1 N–H and O–H groups in total. The molecule has 12 heteroatoms. The predicted molar refractivity (Wildman–Crippen MR) is 109 cm³/mol. The molecule has 0 aliphatic heterocycles. The Hall–Kier alpha value is -3.70. The van der Waals surface area contributed by atoms with Crippen LogP contribution in [-0.4, -0.2) is 39.5 Å². The molecule has 33 heavy (non-hydrogen) atoms. The lowest BCUT2D eigenvalue weighted by Gasteiger charge is -2.18. The van der Waals surface area contributed by atoms with Crippen LogP contribution < -0.4 is 15.7 Å². The van der Waals surface area contributed by atoms with Crippen molar-refractivity contribution in [3.8, 4) is 11.4 Å². The number of nitrogens with one attached hydrogen (secondary N) is 1. The van der Waals surface area contributed by atoms with Gasteiger partial charge in [0.15, 0.2) is 6.10 Å². The summed E-state index contributed by atoms with van der Waals surface area (Å²) in [5, 5.41) is 6.14. The number of aromatic nitrogens is 3. The minimum atomic E-state index is -3.23. The van der Waals surface area contributed by atoms with Crippen molar-refractivity contribution in [1.29, 1.82) is 0 Å². The number of carbonyl (C=O) groups excluding carboxylic acids is 1. The lowest BCUT2D eigenvalue weighted by molar-refractivity contribution is -0.00155. The van der Waals surface area contributed by atoms with Crippen molar-refractivity contribution in [2.24, 2.45) is 7.05 Å². The normalized spacial score (nSPS) is 12.1. The third-order valence-electron chi connectivity index (χ3n) is 4.75. The van der Waals surface area contributed by atoms with Gasteiger partial charge in [0.05, 0.1) is 11.3 Å². The molecule has 0 aliphatic rings. The molecule has 3 rings (SSSR count). The minimum absolute atomic E-state index is 0.0470. The summed E-state index contributed by atoms with van der Waals surface area (Å²) in [5.74, 6) is -3.34. The van der Waals surface area contributed by atoms with Gasteiger partial charge < -0.3 is 10.1 Å². The van der Waals surface area contributed by atoms with Crippen molar-refractivity contribution < 1.29 is 31.5 Å². The first-order valence-electron chi connectivity index (χ1n) is 9.73. The quantitative estimate of drug-likeness (QED) is 0.510. The highest BCUT2D eigenvalue weighted by molar-refractivity contribution is 6.06. The van der Waals surface area contributed by atoms with E-state index >= 15 is 0 Å². The largest absolute Gasteiger partial charge is 0.481 e. The smallest absolute Gasteiger partial charge is 0.350 e. The number of carbonyl (C=O) groups is 1. The summed E-state index contributed by atoms with van der Waals surface area (Å²) in [7, 11) is 1.49. The topological polar surface area (TPSA) is 78.2 Å². The first kappa shape index (κ1) is 24.0. The lowest BCUT2D eigenvalue weighted by atomic mass is 10.1.